The van der Waals surface area contributed by atoms with Crippen molar-refractivity contribution >= 4 is 39.8 Å². The summed E-state index contributed by atoms with van der Waals surface area (Å²) in [5, 5.41) is 0.898. The highest BCUT2D eigenvalue weighted by Gasteiger charge is 2.25. The molecule has 2 N–H and O–H groups in total. The van der Waals surface area contributed by atoms with Crippen LogP contribution in [-0.4, -0.2) is 74.8 Å². The molecule has 10 heteroatoms. The quantitative estimate of drug-likeness (QED) is 0.574. The summed E-state index contributed by atoms with van der Waals surface area (Å²) in [6, 6.07) is 7.72. The summed E-state index contributed by atoms with van der Waals surface area (Å²) in [5.41, 5.74) is 7.83. The number of ether oxygens (including phenoxy) is 2. The SMILES string of the molecule is CCN(Cc1nc2c(N)nc3ccccc3c2n1CCC(=O)N1CCOCC1)C(=O)OC(C)(C)C. The summed E-state index contributed by atoms with van der Waals surface area (Å²) >= 11 is 0. The van der Waals surface area contributed by atoms with Crippen LogP contribution >= 0.6 is 0 Å². The van der Waals surface area contributed by atoms with Gasteiger partial charge in [0.05, 0.1) is 30.8 Å². The van der Waals surface area contributed by atoms with E-state index in [0.717, 1.165) is 16.4 Å². The minimum absolute atomic E-state index is 0.0620. The minimum Gasteiger partial charge on any atom is -0.444 e. The van der Waals surface area contributed by atoms with Gasteiger partial charge >= 0.3 is 6.09 Å². The number of carbonyl (C=O) groups excluding carboxylic acids is 2. The summed E-state index contributed by atoms with van der Waals surface area (Å²) in [6.45, 7) is 10.8. The molecular formula is C25H34N6O4. The molecule has 10 nitrogen and oxygen atoms in total. The van der Waals surface area contributed by atoms with E-state index in [2.05, 4.69) is 4.98 Å². The number of rotatable bonds is 6. The van der Waals surface area contributed by atoms with Crippen LogP contribution in [0.15, 0.2) is 24.3 Å². The number of benzene rings is 1. The monoisotopic (exact) mass is 482 g/mol. The molecule has 1 aliphatic rings. The zero-order valence-electron chi connectivity index (χ0n) is 20.9. The second-order valence-corrected chi connectivity index (χ2v) is 9.63. The number of pyridine rings is 1. The number of amides is 2. The predicted molar refractivity (Wildman–Crippen MR) is 134 cm³/mol. The van der Waals surface area contributed by atoms with E-state index in [0.29, 0.717) is 63.0 Å². The lowest BCUT2D eigenvalue weighted by Crippen LogP contribution is -2.41. The number of morpholine rings is 1. The Morgan fingerprint density at radius 3 is 2.57 bits per heavy atom. The average Bonchev–Trinajstić information content (AvgIpc) is 3.19. The van der Waals surface area contributed by atoms with E-state index in [9.17, 15) is 9.59 Å². The first kappa shape index (κ1) is 24.7. The lowest BCUT2D eigenvalue weighted by Gasteiger charge is -2.27. The van der Waals surface area contributed by atoms with Crippen molar-refractivity contribution in [2.45, 2.75) is 52.8 Å². The van der Waals surface area contributed by atoms with Gasteiger partial charge in [0.2, 0.25) is 5.91 Å². The van der Waals surface area contributed by atoms with Crippen molar-refractivity contribution in [3.8, 4) is 0 Å². The van der Waals surface area contributed by atoms with E-state index in [1.807, 2.05) is 61.4 Å². The van der Waals surface area contributed by atoms with Crippen molar-refractivity contribution in [3.05, 3.63) is 30.1 Å². The molecule has 0 radical (unpaired) electrons. The van der Waals surface area contributed by atoms with Crippen LogP contribution in [0.3, 0.4) is 0 Å². The highest BCUT2D eigenvalue weighted by Crippen LogP contribution is 2.29. The van der Waals surface area contributed by atoms with Crippen LogP contribution in [0.25, 0.3) is 21.9 Å². The van der Waals surface area contributed by atoms with Crippen molar-refractivity contribution in [1.82, 2.24) is 24.3 Å². The molecule has 0 bridgehead atoms. The van der Waals surface area contributed by atoms with Crippen LogP contribution in [0.2, 0.25) is 0 Å². The molecule has 2 aromatic heterocycles. The molecule has 0 aliphatic carbocycles. The fourth-order valence-electron chi connectivity index (χ4n) is 4.25. The van der Waals surface area contributed by atoms with E-state index in [4.69, 9.17) is 20.2 Å². The molecule has 0 atom stereocenters. The van der Waals surface area contributed by atoms with Gasteiger partial charge in [0.1, 0.15) is 16.9 Å². The maximum absolute atomic E-state index is 12.9. The second-order valence-electron chi connectivity index (χ2n) is 9.63. The van der Waals surface area contributed by atoms with Crippen molar-refractivity contribution in [2.75, 3.05) is 38.6 Å². The van der Waals surface area contributed by atoms with Crippen LogP contribution in [-0.2, 0) is 27.4 Å². The average molecular weight is 483 g/mol. The maximum atomic E-state index is 12.9. The van der Waals surface area contributed by atoms with Crippen molar-refractivity contribution in [1.29, 1.82) is 0 Å². The number of fused-ring (bicyclic) bond motifs is 3. The van der Waals surface area contributed by atoms with Gasteiger partial charge in [0.25, 0.3) is 0 Å². The molecule has 3 aromatic rings. The van der Waals surface area contributed by atoms with Gasteiger partial charge in [-0.25, -0.2) is 14.8 Å². The Balaban J connectivity index is 1.72. The summed E-state index contributed by atoms with van der Waals surface area (Å²) < 4.78 is 13.0. The first-order chi connectivity index (χ1) is 16.7. The Morgan fingerprint density at radius 2 is 1.89 bits per heavy atom. The highest BCUT2D eigenvalue weighted by atomic mass is 16.6. The number of nitrogen functional groups attached to an aromatic ring is 1. The number of aromatic nitrogens is 3. The van der Waals surface area contributed by atoms with Gasteiger partial charge in [0.15, 0.2) is 5.82 Å². The predicted octanol–water partition coefficient (Wildman–Crippen LogP) is 3.17. The van der Waals surface area contributed by atoms with Crippen LogP contribution in [0, 0.1) is 0 Å². The summed E-state index contributed by atoms with van der Waals surface area (Å²) in [6.07, 6.45) is -0.118. The lowest BCUT2D eigenvalue weighted by atomic mass is 10.2. The Kier molecular flexibility index (Phi) is 7.11. The molecule has 35 heavy (non-hydrogen) atoms. The third kappa shape index (κ3) is 5.48. The van der Waals surface area contributed by atoms with Gasteiger partial charge in [-0.2, -0.15) is 0 Å². The zero-order valence-corrected chi connectivity index (χ0v) is 20.9. The number of carbonyl (C=O) groups is 2. The van der Waals surface area contributed by atoms with Gasteiger partial charge < -0.3 is 29.6 Å². The standard InChI is InChI=1S/C25H34N6O4/c1-5-29(24(33)35-25(2,3)4)16-19-28-21-22(17-8-6-7-9-18(17)27-23(21)26)31(19)11-10-20(32)30-12-14-34-15-13-30/h6-9H,5,10-16H2,1-4H3,(H2,26,27). The van der Waals surface area contributed by atoms with Crippen LogP contribution in [0.5, 0.6) is 0 Å². The molecule has 188 valence electrons. The van der Waals surface area contributed by atoms with E-state index in [1.165, 1.54) is 0 Å². The molecule has 0 saturated carbocycles. The molecule has 3 heterocycles. The van der Waals surface area contributed by atoms with Crippen LogP contribution in [0.1, 0.15) is 39.9 Å². The van der Waals surface area contributed by atoms with Gasteiger partial charge in [-0.05, 0) is 33.8 Å². The van der Waals surface area contributed by atoms with E-state index >= 15 is 0 Å². The molecule has 1 fully saturated rings. The normalized spacial score (nSPS) is 14.5. The van der Waals surface area contributed by atoms with Crippen LogP contribution < -0.4 is 5.73 Å². The molecule has 1 saturated heterocycles. The van der Waals surface area contributed by atoms with E-state index in [1.54, 1.807) is 4.90 Å². The molecule has 2 amide bonds. The van der Waals surface area contributed by atoms with Crippen molar-refractivity contribution in [2.24, 2.45) is 0 Å². The number of aryl methyl sites for hydroxylation is 1. The van der Waals surface area contributed by atoms with Crippen molar-refractivity contribution in [3.63, 3.8) is 0 Å². The van der Waals surface area contributed by atoms with Gasteiger partial charge in [-0.15, -0.1) is 0 Å². The smallest absolute Gasteiger partial charge is 0.410 e. The minimum atomic E-state index is -0.611. The van der Waals surface area contributed by atoms with E-state index in [-0.39, 0.29) is 12.5 Å². The summed E-state index contributed by atoms with van der Waals surface area (Å²) in [7, 11) is 0. The number of hydrogen-bond acceptors (Lipinski definition) is 7. The number of hydrogen-bond donors (Lipinski definition) is 1. The number of nitrogens with zero attached hydrogens (tertiary/aromatic N) is 5. The number of para-hydroxylation sites is 1. The second kappa shape index (κ2) is 10.1. The third-order valence-electron chi connectivity index (χ3n) is 5.97. The Morgan fingerprint density at radius 1 is 1.17 bits per heavy atom. The Bertz CT molecular complexity index is 1230. The lowest BCUT2D eigenvalue weighted by molar-refractivity contribution is -0.135. The first-order valence-electron chi connectivity index (χ1n) is 12.0. The number of nitrogens with two attached hydrogens (primary N) is 1. The van der Waals surface area contributed by atoms with Crippen molar-refractivity contribution < 1.29 is 19.1 Å². The molecule has 0 spiro atoms. The summed E-state index contributed by atoms with van der Waals surface area (Å²) in [4.78, 5) is 38.5. The number of anilines is 1. The number of imidazole rings is 1. The molecule has 4 rings (SSSR count). The molecule has 0 unspecified atom stereocenters. The Hall–Kier alpha value is -3.40. The largest absolute Gasteiger partial charge is 0.444 e. The highest BCUT2D eigenvalue weighted by molar-refractivity contribution is 6.06. The van der Waals surface area contributed by atoms with E-state index < -0.39 is 11.7 Å². The Labute approximate surface area is 205 Å². The van der Waals surface area contributed by atoms with Gasteiger partial charge in [-0.1, -0.05) is 18.2 Å². The zero-order chi connectivity index (χ0) is 25.2. The van der Waals surface area contributed by atoms with Gasteiger partial charge in [0, 0.05) is 38.0 Å². The fourth-order valence-corrected chi connectivity index (χ4v) is 4.25. The van der Waals surface area contributed by atoms with Gasteiger partial charge in [-0.3, -0.25) is 4.79 Å². The molecule has 1 aliphatic heterocycles. The molecular weight excluding hydrogens is 448 g/mol. The first-order valence-corrected chi connectivity index (χ1v) is 12.0. The maximum Gasteiger partial charge on any atom is 0.410 e. The fraction of sp³-hybridized carbons (Fsp3) is 0.520. The third-order valence-corrected chi connectivity index (χ3v) is 5.97. The van der Waals surface area contributed by atoms with Crippen LogP contribution in [0.4, 0.5) is 10.6 Å². The molecule has 1 aromatic carbocycles. The summed E-state index contributed by atoms with van der Waals surface area (Å²) in [5.74, 6) is 1.01. The topological polar surface area (TPSA) is 116 Å².